The molecule has 10 heteroatoms. The third-order valence-electron chi connectivity index (χ3n) is 5.32. The molecule has 2 N–H and O–H groups in total. The van der Waals surface area contributed by atoms with E-state index in [1.165, 1.54) is 4.90 Å². The molecule has 3 rings (SSSR count). The number of hydrogen-bond donors (Lipinski definition) is 1. The lowest BCUT2D eigenvalue weighted by Crippen LogP contribution is -2.49. The summed E-state index contributed by atoms with van der Waals surface area (Å²) >= 11 is 0. The normalized spacial score (nSPS) is 19.6. The lowest BCUT2D eigenvalue weighted by Gasteiger charge is -2.39. The second kappa shape index (κ2) is 8.74. The Kier molecular flexibility index (Phi) is 6.24. The summed E-state index contributed by atoms with van der Waals surface area (Å²) in [6, 6.07) is 6.61. The van der Waals surface area contributed by atoms with Crippen LogP contribution >= 0.6 is 0 Å². The molecule has 0 aromatic heterocycles. The number of para-hydroxylation sites is 1. The van der Waals surface area contributed by atoms with Crippen molar-refractivity contribution >= 4 is 29.6 Å². The van der Waals surface area contributed by atoms with Crippen molar-refractivity contribution in [1.29, 1.82) is 0 Å². The van der Waals surface area contributed by atoms with Gasteiger partial charge in [-0.15, -0.1) is 0 Å². The van der Waals surface area contributed by atoms with Crippen molar-refractivity contribution in [2.75, 3.05) is 32.3 Å². The van der Waals surface area contributed by atoms with E-state index < -0.39 is 35.7 Å². The van der Waals surface area contributed by atoms with Crippen molar-refractivity contribution in [2.45, 2.75) is 25.7 Å². The van der Waals surface area contributed by atoms with Crippen LogP contribution in [-0.2, 0) is 43.5 Å². The topological polar surface area (TPSA) is 134 Å². The quantitative estimate of drug-likeness (QED) is 0.501. The highest BCUT2D eigenvalue weighted by molar-refractivity contribution is 6.16. The van der Waals surface area contributed by atoms with Crippen LogP contribution in [0, 0.1) is 0 Å². The number of methoxy groups -OCH3 is 1. The van der Waals surface area contributed by atoms with Gasteiger partial charge in [-0.1, -0.05) is 18.2 Å². The summed E-state index contributed by atoms with van der Waals surface area (Å²) in [5, 5.41) is 0. The maximum Gasteiger partial charge on any atom is 0.339 e. The maximum atomic E-state index is 13.5. The van der Waals surface area contributed by atoms with E-state index in [0.717, 1.165) is 7.11 Å². The fourth-order valence-corrected chi connectivity index (χ4v) is 4.03. The van der Waals surface area contributed by atoms with Crippen LogP contribution in [0.4, 0.5) is 5.69 Å². The molecule has 1 spiro atoms. The van der Waals surface area contributed by atoms with Gasteiger partial charge in [0.05, 0.1) is 20.3 Å². The monoisotopic (exact) mass is 444 g/mol. The van der Waals surface area contributed by atoms with Gasteiger partial charge in [0.25, 0.3) is 0 Å². The zero-order chi connectivity index (χ0) is 23.6. The standard InChI is InChI=1S/C22H24N2O8/c1-5-30-15(25)11-14-16(20(27)31-6-2)22(21(28)32-14)12-9-7-8-10-13(12)24(3)18(23)17(22)19(26)29-4/h7-10H,5-6,11,23H2,1-4H3/t22-/m1/s1. The van der Waals surface area contributed by atoms with Crippen LogP contribution in [0.3, 0.4) is 0 Å². The zero-order valence-electron chi connectivity index (χ0n) is 18.2. The molecule has 0 amide bonds. The number of anilines is 1. The second-order valence-electron chi connectivity index (χ2n) is 6.97. The molecule has 1 aromatic rings. The fourth-order valence-electron chi connectivity index (χ4n) is 4.03. The molecule has 170 valence electrons. The Morgan fingerprint density at radius 3 is 2.34 bits per heavy atom. The predicted molar refractivity (Wildman–Crippen MR) is 111 cm³/mol. The molecular weight excluding hydrogens is 420 g/mol. The van der Waals surface area contributed by atoms with Crippen LogP contribution in [0.2, 0.25) is 0 Å². The Balaban J connectivity index is 2.42. The molecule has 0 unspecified atom stereocenters. The second-order valence-corrected chi connectivity index (χ2v) is 6.97. The van der Waals surface area contributed by atoms with Crippen LogP contribution in [0.5, 0.6) is 0 Å². The highest BCUT2D eigenvalue weighted by Crippen LogP contribution is 2.54. The molecule has 0 saturated heterocycles. The number of carbonyl (C=O) groups is 4. The molecule has 2 aliphatic heterocycles. The largest absolute Gasteiger partial charge is 0.466 e. The van der Waals surface area contributed by atoms with Gasteiger partial charge in [0.1, 0.15) is 29.1 Å². The van der Waals surface area contributed by atoms with Gasteiger partial charge in [-0.2, -0.15) is 0 Å². The first kappa shape index (κ1) is 22.9. The highest BCUT2D eigenvalue weighted by Gasteiger charge is 2.64. The summed E-state index contributed by atoms with van der Waals surface area (Å²) < 4.78 is 20.5. The van der Waals surface area contributed by atoms with E-state index in [0.29, 0.717) is 5.69 Å². The fraction of sp³-hybridized carbons (Fsp3) is 0.364. The number of cyclic esters (lactones) is 1. The summed E-state index contributed by atoms with van der Waals surface area (Å²) in [4.78, 5) is 53.3. The van der Waals surface area contributed by atoms with Crippen molar-refractivity contribution in [1.82, 2.24) is 0 Å². The van der Waals surface area contributed by atoms with E-state index in [1.807, 2.05) is 0 Å². The van der Waals surface area contributed by atoms with E-state index in [9.17, 15) is 19.2 Å². The Labute approximate surface area is 184 Å². The van der Waals surface area contributed by atoms with Gasteiger partial charge in [0.2, 0.25) is 0 Å². The van der Waals surface area contributed by atoms with E-state index in [4.69, 9.17) is 24.7 Å². The van der Waals surface area contributed by atoms with Crippen molar-refractivity contribution in [3.63, 3.8) is 0 Å². The van der Waals surface area contributed by atoms with Crippen LogP contribution in [0.15, 0.2) is 47.0 Å². The number of nitrogens with two attached hydrogens (primary N) is 1. The van der Waals surface area contributed by atoms with Crippen LogP contribution in [-0.4, -0.2) is 51.2 Å². The predicted octanol–water partition coefficient (Wildman–Crippen LogP) is 1.04. The van der Waals surface area contributed by atoms with Crippen LogP contribution in [0.1, 0.15) is 25.8 Å². The first-order valence-corrected chi connectivity index (χ1v) is 9.95. The Hall–Kier alpha value is -3.82. The summed E-state index contributed by atoms with van der Waals surface area (Å²) in [5.74, 6) is -3.91. The number of esters is 4. The van der Waals surface area contributed by atoms with E-state index in [2.05, 4.69) is 0 Å². The number of benzene rings is 1. The number of carbonyl (C=O) groups excluding carboxylic acids is 4. The molecule has 0 fully saturated rings. The molecule has 0 radical (unpaired) electrons. The summed E-state index contributed by atoms with van der Waals surface area (Å²) in [6.07, 6.45) is -0.512. The van der Waals surface area contributed by atoms with E-state index in [-0.39, 0.29) is 41.5 Å². The average Bonchev–Trinajstić information content (AvgIpc) is 3.04. The number of rotatable bonds is 6. The molecular formula is C22H24N2O8. The van der Waals surface area contributed by atoms with Gasteiger partial charge in [-0.3, -0.25) is 4.79 Å². The molecule has 0 aliphatic carbocycles. The highest BCUT2D eigenvalue weighted by atomic mass is 16.6. The van der Waals surface area contributed by atoms with Gasteiger partial charge >= 0.3 is 23.9 Å². The minimum atomic E-state index is -2.08. The van der Waals surface area contributed by atoms with Gasteiger partial charge in [-0.25, -0.2) is 14.4 Å². The third kappa shape index (κ3) is 3.28. The zero-order valence-corrected chi connectivity index (χ0v) is 18.2. The van der Waals surface area contributed by atoms with Crippen LogP contribution < -0.4 is 10.6 Å². The van der Waals surface area contributed by atoms with Crippen LogP contribution in [0.25, 0.3) is 0 Å². The van der Waals surface area contributed by atoms with Gasteiger partial charge < -0.3 is 29.6 Å². The van der Waals surface area contributed by atoms with Gasteiger partial charge in [0.15, 0.2) is 5.41 Å². The Bertz CT molecular complexity index is 1060. The molecule has 10 nitrogen and oxygen atoms in total. The number of ether oxygens (including phenoxy) is 4. The molecule has 0 saturated carbocycles. The molecule has 32 heavy (non-hydrogen) atoms. The van der Waals surface area contributed by atoms with Crippen molar-refractivity contribution in [3.05, 3.63) is 52.6 Å². The first-order chi connectivity index (χ1) is 15.2. The summed E-state index contributed by atoms with van der Waals surface area (Å²) in [5.41, 5.74) is 4.35. The Morgan fingerprint density at radius 2 is 1.72 bits per heavy atom. The SMILES string of the molecule is CCOC(=O)CC1=C(C(=O)OCC)[C@@]2(C(=O)O1)C(C(=O)OC)=C(N)N(C)c1ccccc12. The van der Waals surface area contributed by atoms with E-state index >= 15 is 0 Å². The summed E-state index contributed by atoms with van der Waals surface area (Å²) in [7, 11) is 2.74. The minimum absolute atomic E-state index is 0.0202. The maximum absolute atomic E-state index is 13.5. The number of hydrogen-bond acceptors (Lipinski definition) is 10. The smallest absolute Gasteiger partial charge is 0.339 e. The molecule has 1 aromatic carbocycles. The lowest BCUT2D eigenvalue weighted by atomic mass is 9.66. The average molecular weight is 444 g/mol. The summed E-state index contributed by atoms with van der Waals surface area (Å²) in [6.45, 7) is 3.27. The van der Waals surface area contributed by atoms with Gasteiger partial charge in [-0.05, 0) is 19.9 Å². The molecule has 2 heterocycles. The first-order valence-electron chi connectivity index (χ1n) is 9.95. The lowest BCUT2D eigenvalue weighted by molar-refractivity contribution is -0.148. The van der Waals surface area contributed by atoms with E-state index in [1.54, 1.807) is 45.2 Å². The number of fused-ring (bicyclic) bond motifs is 2. The number of nitrogens with zero attached hydrogens (tertiary/aromatic N) is 1. The molecule has 0 bridgehead atoms. The van der Waals surface area contributed by atoms with Gasteiger partial charge in [0, 0.05) is 18.3 Å². The molecule has 2 aliphatic rings. The Morgan fingerprint density at radius 1 is 1.06 bits per heavy atom. The molecule has 1 atom stereocenters. The van der Waals surface area contributed by atoms with Crippen molar-refractivity contribution in [3.8, 4) is 0 Å². The minimum Gasteiger partial charge on any atom is -0.466 e. The third-order valence-corrected chi connectivity index (χ3v) is 5.32. The van der Waals surface area contributed by atoms with Crippen molar-refractivity contribution < 1.29 is 38.1 Å². The van der Waals surface area contributed by atoms with Crippen molar-refractivity contribution in [2.24, 2.45) is 5.73 Å².